The van der Waals surface area contributed by atoms with E-state index in [-0.39, 0.29) is 0 Å². The first-order valence-corrected chi connectivity index (χ1v) is 7.47. The first kappa shape index (κ1) is 16.2. The van der Waals surface area contributed by atoms with Gasteiger partial charge in [0.25, 0.3) is 0 Å². The Bertz CT molecular complexity index is 321. The number of hydrogen-bond donors (Lipinski definition) is 1. The van der Waals surface area contributed by atoms with Crippen molar-refractivity contribution in [3.05, 3.63) is 35.9 Å². The highest BCUT2D eigenvalue weighted by molar-refractivity contribution is 5.19. The Hall–Kier alpha value is -0.860. The summed E-state index contributed by atoms with van der Waals surface area (Å²) in [5.41, 5.74) is 1.36. The van der Waals surface area contributed by atoms with Crippen molar-refractivity contribution in [1.82, 2.24) is 5.32 Å². The van der Waals surface area contributed by atoms with Gasteiger partial charge >= 0.3 is 0 Å². The lowest BCUT2D eigenvalue weighted by molar-refractivity contribution is 0.122. The predicted octanol–water partition coefficient (Wildman–Crippen LogP) is 4.04. The molecule has 2 nitrogen and oxygen atoms in total. The van der Waals surface area contributed by atoms with Crippen LogP contribution in [0.3, 0.4) is 0 Å². The van der Waals surface area contributed by atoms with Crippen LogP contribution in [0.1, 0.15) is 45.7 Å². The van der Waals surface area contributed by atoms with Gasteiger partial charge in [0.15, 0.2) is 0 Å². The molecule has 1 rings (SSSR count). The van der Waals surface area contributed by atoms with Crippen molar-refractivity contribution >= 4 is 0 Å². The van der Waals surface area contributed by atoms with E-state index in [2.05, 4.69) is 63.3 Å². The zero-order valence-corrected chi connectivity index (χ0v) is 12.9. The van der Waals surface area contributed by atoms with Crippen LogP contribution in [0, 0.1) is 11.8 Å². The van der Waals surface area contributed by atoms with Crippen molar-refractivity contribution < 1.29 is 4.74 Å². The Morgan fingerprint density at radius 2 is 1.68 bits per heavy atom. The van der Waals surface area contributed by atoms with Crippen LogP contribution in [-0.4, -0.2) is 19.8 Å². The molecule has 0 amide bonds. The van der Waals surface area contributed by atoms with Gasteiger partial charge < -0.3 is 10.1 Å². The van der Waals surface area contributed by atoms with E-state index in [1.807, 2.05) is 0 Å². The molecule has 2 heteroatoms. The molecule has 0 heterocycles. The minimum Gasteiger partial charge on any atom is -0.380 e. The molecule has 0 radical (unpaired) electrons. The van der Waals surface area contributed by atoms with Crippen molar-refractivity contribution in [3.63, 3.8) is 0 Å². The Kier molecular flexibility index (Phi) is 7.76. The smallest absolute Gasteiger partial charge is 0.0591 e. The fourth-order valence-corrected chi connectivity index (χ4v) is 2.11. The highest BCUT2D eigenvalue weighted by atomic mass is 16.5. The van der Waals surface area contributed by atoms with Gasteiger partial charge in [0.1, 0.15) is 0 Å². The molecule has 1 unspecified atom stereocenters. The number of rotatable bonds is 9. The fourth-order valence-electron chi connectivity index (χ4n) is 2.11. The van der Waals surface area contributed by atoms with Crippen molar-refractivity contribution in [2.75, 3.05) is 19.8 Å². The van der Waals surface area contributed by atoms with E-state index in [0.717, 1.165) is 32.1 Å². The zero-order valence-electron chi connectivity index (χ0n) is 12.9. The molecular weight excluding hydrogens is 234 g/mol. The van der Waals surface area contributed by atoms with Gasteiger partial charge in [0, 0.05) is 19.2 Å². The largest absolute Gasteiger partial charge is 0.380 e. The molecule has 1 N–H and O–H groups in total. The minimum absolute atomic E-state index is 0.412. The van der Waals surface area contributed by atoms with Crippen molar-refractivity contribution in [3.8, 4) is 0 Å². The molecule has 0 bridgehead atoms. The molecule has 1 aromatic rings. The number of benzene rings is 1. The predicted molar refractivity (Wildman–Crippen MR) is 82.3 cm³/mol. The molecule has 0 spiro atoms. The van der Waals surface area contributed by atoms with Crippen LogP contribution >= 0.6 is 0 Å². The monoisotopic (exact) mass is 263 g/mol. The first-order valence-electron chi connectivity index (χ1n) is 7.47. The summed E-state index contributed by atoms with van der Waals surface area (Å²) < 4.78 is 5.65. The zero-order chi connectivity index (χ0) is 14.1. The second kappa shape index (κ2) is 9.11. The summed E-state index contributed by atoms with van der Waals surface area (Å²) in [7, 11) is 0. The Morgan fingerprint density at radius 3 is 2.26 bits per heavy atom. The molecule has 0 aromatic heterocycles. The van der Waals surface area contributed by atoms with Crippen molar-refractivity contribution in [2.24, 2.45) is 11.8 Å². The number of ether oxygens (including phenoxy) is 1. The molecule has 1 atom stereocenters. The van der Waals surface area contributed by atoms with Crippen LogP contribution in [0.15, 0.2) is 30.3 Å². The standard InChI is InChI=1S/C17H29NO/c1-14(2)10-12-19-13-11-18-17(15(3)4)16-8-6-5-7-9-16/h5-9,14-15,17-18H,10-13H2,1-4H3. The van der Waals surface area contributed by atoms with Gasteiger partial charge in [0.05, 0.1) is 6.61 Å². The maximum absolute atomic E-state index is 5.65. The molecule has 0 saturated heterocycles. The van der Waals surface area contributed by atoms with Gasteiger partial charge in [-0.3, -0.25) is 0 Å². The maximum Gasteiger partial charge on any atom is 0.0591 e. The molecule has 108 valence electrons. The Labute approximate surface area is 118 Å². The third kappa shape index (κ3) is 6.74. The third-order valence-electron chi connectivity index (χ3n) is 3.28. The van der Waals surface area contributed by atoms with E-state index in [9.17, 15) is 0 Å². The summed E-state index contributed by atoms with van der Waals surface area (Å²) in [5, 5.41) is 3.60. The topological polar surface area (TPSA) is 21.3 Å². The molecular formula is C17H29NO. The minimum atomic E-state index is 0.412. The van der Waals surface area contributed by atoms with Crippen LogP contribution < -0.4 is 5.32 Å². The summed E-state index contributed by atoms with van der Waals surface area (Å²) in [6.07, 6.45) is 1.15. The van der Waals surface area contributed by atoms with Crippen LogP contribution in [0.2, 0.25) is 0 Å². The van der Waals surface area contributed by atoms with Crippen LogP contribution in [-0.2, 0) is 4.74 Å². The van der Waals surface area contributed by atoms with Crippen LogP contribution in [0.4, 0.5) is 0 Å². The second-order valence-electron chi connectivity index (χ2n) is 5.88. The fraction of sp³-hybridized carbons (Fsp3) is 0.647. The van der Waals surface area contributed by atoms with Crippen molar-refractivity contribution in [1.29, 1.82) is 0 Å². The lowest BCUT2D eigenvalue weighted by Gasteiger charge is -2.23. The SMILES string of the molecule is CC(C)CCOCCNC(c1ccccc1)C(C)C. The lowest BCUT2D eigenvalue weighted by atomic mass is 9.96. The maximum atomic E-state index is 5.65. The van der Waals surface area contributed by atoms with Gasteiger partial charge in [-0.2, -0.15) is 0 Å². The molecule has 1 aromatic carbocycles. The number of nitrogens with one attached hydrogen (secondary N) is 1. The average Bonchev–Trinajstić information content (AvgIpc) is 2.38. The summed E-state index contributed by atoms with van der Waals surface area (Å²) in [6, 6.07) is 11.1. The quantitative estimate of drug-likeness (QED) is 0.679. The van der Waals surface area contributed by atoms with E-state index >= 15 is 0 Å². The molecule has 0 aliphatic carbocycles. The number of hydrogen-bond acceptors (Lipinski definition) is 2. The summed E-state index contributed by atoms with van der Waals surface area (Å²) >= 11 is 0. The van der Waals surface area contributed by atoms with Gasteiger partial charge in [-0.1, -0.05) is 58.0 Å². The highest BCUT2D eigenvalue weighted by Crippen LogP contribution is 2.20. The summed E-state index contributed by atoms with van der Waals surface area (Å²) in [5.74, 6) is 1.30. The van der Waals surface area contributed by atoms with Crippen LogP contribution in [0.25, 0.3) is 0 Å². The molecule has 0 fully saturated rings. The van der Waals surface area contributed by atoms with Crippen LogP contribution in [0.5, 0.6) is 0 Å². The van der Waals surface area contributed by atoms with E-state index in [0.29, 0.717) is 12.0 Å². The van der Waals surface area contributed by atoms with E-state index in [4.69, 9.17) is 4.74 Å². The average molecular weight is 263 g/mol. The Balaban J connectivity index is 2.28. The molecule has 0 saturated carbocycles. The summed E-state index contributed by atoms with van der Waals surface area (Å²) in [4.78, 5) is 0. The van der Waals surface area contributed by atoms with Gasteiger partial charge in [-0.05, 0) is 23.8 Å². The first-order chi connectivity index (χ1) is 9.11. The Morgan fingerprint density at radius 1 is 1.00 bits per heavy atom. The molecule has 0 aliphatic rings. The second-order valence-corrected chi connectivity index (χ2v) is 5.88. The van der Waals surface area contributed by atoms with Crippen molar-refractivity contribution in [2.45, 2.75) is 40.2 Å². The highest BCUT2D eigenvalue weighted by Gasteiger charge is 2.14. The normalized spacial score (nSPS) is 13.2. The van der Waals surface area contributed by atoms with E-state index < -0.39 is 0 Å². The van der Waals surface area contributed by atoms with E-state index in [1.165, 1.54) is 5.56 Å². The molecule has 19 heavy (non-hydrogen) atoms. The van der Waals surface area contributed by atoms with Gasteiger partial charge in [0.2, 0.25) is 0 Å². The molecule has 0 aliphatic heterocycles. The summed E-state index contributed by atoms with van der Waals surface area (Å²) in [6.45, 7) is 11.5. The lowest BCUT2D eigenvalue weighted by Crippen LogP contribution is -2.29. The van der Waals surface area contributed by atoms with E-state index in [1.54, 1.807) is 0 Å². The van der Waals surface area contributed by atoms with Gasteiger partial charge in [-0.15, -0.1) is 0 Å². The third-order valence-corrected chi connectivity index (χ3v) is 3.28. The van der Waals surface area contributed by atoms with Gasteiger partial charge in [-0.25, -0.2) is 0 Å².